The molecule has 3 N–H and O–H groups in total. The van der Waals surface area contributed by atoms with Crippen molar-refractivity contribution in [2.45, 2.75) is 113 Å². The highest BCUT2D eigenvalue weighted by Gasteiger charge is 2.51. The zero-order valence-corrected chi connectivity index (χ0v) is 23.4. The van der Waals surface area contributed by atoms with Crippen molar-refractivity contribution in [3.05, 3.63) is 29.3 Å². The van der Waals surface area contributed by atoms with E-state index in [0.29, 0.717) is 28.8 Å². The molecule has 4 aliphatic rings. The van der Waals surface area contributed by atoms with Crippen molar-refractivity contribution >= 4 is 35.4 Å². The predicted molar refractivity (Wildman–Crippen MR) is 147 cm³/mol. The first-order chi connectivity index (χ1) is 17.3. The van der Waals surface area contributed by atoms with Crippen LogP contribution < -0.4 is 15.4 Å². The standard InChI is InChI=1S/C29H42ClN3O2S/c1-19-15-20-16-21(18-28(2,17-20)26(34)31-22-9-4-3-5-10-22)25(19)32-27(35)29(13-8-14-29)33-36-24-12-7-6-11-23(24)30/h6-7,11-12,19-22,25,33H,3-5,8-10,13-18H2,1-2H3,(H,31,34)(H,32,35). The smallest absolute Gasteiger partial charge is 0.241 e. The molecule has 0 aliphatic heterocycles. The molecule has 2 bridgehead atoms. The number of carbonyl (C=O) groups excluding carboxylic acids is 2. The molecule has 0 saturated heterocycles. The summed E-state index contributed by atoms with van der Waals surface area (Å²) in [6.07, 6.45) is 12.8. The molecule has 4 saturated carbocycles. The Kier molecular flexibility index (Phi) is 7.96. The molecule has 0 radical (unpaired) electrons. The van der Waals surface area contributed by atoms with Gasteiger partial charge in [0.2, 0.25) is 11.8 Å². The molecule has 198 valence electrons. The topological polar surface area (TPSA) is 70.2 Å². The van der Waals surface area contributed by atoms with Crippen LogP contribution in [0.4, 0.5) is 0 Å². The van der Waals surface area contributed by atoms with Gasteiger partial charge in [-0.25, -0.2) is 4.72 Å². The Morgan fingerprint density at radius 3 is 2.42 bits per heavy atom. The molecule has 1 aromatic carbocycles. The van der Waals surface area contributed by atoms with Gasteiger partial charge in [-0.1, -0.05) is 56.8 Å². The fourth-order valence-corrected chi connectivity index (χ4v) is 8.58. The van der Waals surface area contributed by atoms with E-state index < -0.39 is 5.54 Å². The summed E-state index contributed by atoms with van der Waals surface area (Å²) in [4.78, 5) is 28.1. The Hall–Kier alpha value is -1.24. The van der Waals surface area contributed by atoms with Gasteiger partial charge in [-0.2, -0.15) is 0 Å². The quantitative estimate of drug-likeness (QED) is 0.363. The Balaban J connectivity index is 1.24. The zero-order valence-electron chi connectivity index (χ0n) is 21.8. The predicted octanol–water partition coefficient (Wildman–Crippen LogP) is 6.26. The van der Waals surface area contributed by atoms with Crippen LogP contribution in [0, 0.1) is 23.2 Å². The molecule has 1 aromatic rings. The van der Waals surface area contributed by atoms with Gasteiger partial charge in [0.25, 0.3) is 0 Å². The molecule has 5 nitrogen and oxygen atoms in total. The largest absolute Gasteiger partial charge is 0.353 e. The SMILES string of the molecule is CC1CC2CC(CC(C)(C(=O)NC3CCCCC3)C2)C1NC(=O)C1(NSc2ccccc2Cl)CCC1. The fraction of sp³-hybridized carbons (Fsp3) is 0.724. The lowest BCUT2D eigenvalue weighted by Gasteiger charge is -2.51. The Labute approximate surface area is 225 Å². The Morgan fingerprint density at radius 2 is 1.72 bits per heavy atom. The van der Waals surface area contributed by atoms with E-state index >= 15 is 0 Å². The molecular weight excluding hydrogens is 490 g/mol. The van der Waals surface area contributed by atoms with Crippen LogP contribution in [0.3, 0.4) is 0 Å². The summed E-state index contributed by atoms with van der Waals surface area (Å²) >= 11 is 7.81. The molecule has 7 heteroatoms. The van der Waals surface area contributed by atoms with Gasteiger partial charge in [0.15, 0.2) is 0 Å². The van der Waals surface area contributed by atoms with Crippen molar-refractivity contribution < 1.29 is 9.59 Å². The summed E-state index contributed by atoms with van der Waals surface area (Å²) in [6, 6.07) is 8.22. The second-order valence-corrected chi connectivity index (χ2v) is 13.7. The number of amides is 2. The number of hydrogen-bond acceptors (Lipinski definition) is 4. The summed E-state index contributed by atoms with van der Waals surface area (Å²) in [7, 11) is 0. The molecule has 0 heterocycles. The lowest BCUT2D eigenvalue weighted by Crippen LogP contribution is -2.64. The number of halogens is 1. The van der Waals surface area contributed by atoms with Crippen molar-refractivity contribution in [1.82, 2.24) is 15.4 Å². The monoisotopic (exact) mass is 531 g/mol. The van der Waals surface area contributed by atoms with E-state index in [4.69, 9.17) is 11.6 Å². The van der Waals surface area contributed by atoms with Gasteiger partial charge in [0.05, 0.1) is 5.02 Å². The maximum Gasteiger partial charge on any atom is 0.241 e. The number of carbonyl (C=O) groups is 2. The molecule has 0 spiro atoms. The van der Waals surface area contributed by atoms with Gasteiger partial charge in [-0.3, -0.25) is 9.59 Å². The molecule has 36 heavy (non-hydrogen) atoms. The average Bonchev–Trinajstić information content (AvgIpc) is 2.82. The van der Waals surface area contributed by atoms with Gasteiger partial charge in [-0.05, 0) is 99.6 Å². The Morgan fingerprint density at radius 1 is 0.972 bits per heavy atom. The molecule has 5 atom stereocenters. The summed E-state index contributed by atoms with van der Waals surface area (Å²) in [5.41, 5.74) is -0.878. The van der Waals surface area contributed by atoms with Crippen LogP contribution in [0.25, 0.3) is 0 Å². The minimum Gasteiger partial charge on any atom is -0.353 e. The van der Waals surface area contributed by atoms with Crippen molar-refractivity contribution in [2.75, 3.05) is 0 Å². The molecule has 5 unspecified atom stereocenters. The molecular formula is C29H42ClN3O2S. The number of fused-ring (bicyclic) bond motifs is 2. The van der Waals surface area contributed by atoms with Crippen LogP contribution in [-0.2, 0) is 9.59 Å². The van der Waals surface area contributed by atoms with Crippen molar-refractivity contribution in [2.24, 2.45) is 23.2 Å². The van der Waals surface area contributed by atoms with Gasteiger partial charge in [-0.15, -0.1) is 0 Å². The van der Waals surface area contributed by atoms with E-state index in [1.807, 2.05) is 24.3 Å². The minimum atomic E-state index is -0.545. The zero-order chi connectivity index (χ0) is 25.3. The minimum absolute atomic E-state index is 0.113. The summed E-state index contributed by atoms with van der Waals surface area (Å²) in [5.74, 6) is 1.71. The van der Waals surface area contributed by atoms with E-state index in [0.717, 1.165) is 62.7 Å². The molecule has 4 aliphatic carbocycles. The molecule has 4 fully saturated rings. The second kappa shape index (κ2) is 10.9. The first kappa shape index (κ1) is 26.4. The average molecular weight is 532 g/mol. The number of rotatable bonds is 7. The van der Waals surface area contributed by atoms with E-state index in [1.165, 1.54) is 31.2 Å². The number of benzene rings is 1. The van der Waals surface area contributed by atoms with E-state index in [1.54, 1.807) is 0 Å². The highest BCUT2D eigenvalue weighted by Crippen LogP contribution is 2.51. The first-order valence-corrected chi connectivity index (χ1v) is 15.3. The van der Waals surface area contributed by atoms with Crippen LogP contribution in [0.2, 0.25) is 5.02 Å². The molecule has 0 aromatic heterocycles. The van der Waals surface area contributed by atoms with Crippen molar-refractivity contribution in [3.8, 4) is 0 Å². The third-order valence-electron chi connectivity index (χ3n) is 9.54. The summed E-state index contributed by atoms with van der Waals surface area (Å²) in [5, 5.41) is 7.61. The van der Waals surface area contributed by atoms with Gasteiger partial charge in [0, 0.05) is 22.4 Å². The highest BCUT2D eigenvalue weighted by atomic mass is 35.5. The van der Waals surface area contributed by atoms with Gasteiger partial charge in [0.1, 0.15) is 5.54 Å². The second-order valence-electron chi connectivity index (χ2n) is 12.4. The molecule has 2 amide bonds. The Bertz CT molecular complexity index is 962. The third kappa shape index (κ3) is 5.47. The number of nitrogens with one attached hydrogen (secondary N) is 3. The fourth-order valence-electron chi connectivity index (χ4n) is 7.41. The van der Waals surface area contributed by atoms with E-state index in [-0.39, 0.29) is 23.3 Å². The van der Waals surface area contributed by atoms with Crippen LogP contribution in [0.1, 0.15) is 90.9 Å². The van der Waals surface area contributed by atoms with Gasteiger partial charge >= 0.3 is 0 Å². The van der Waals surface area contributed by atoms with Crippen LogP contribution >= 0.6 is 23.5 Å². The van der Waals surface area contributed by atoms with Gasteiger partial charge < -0.3 is 10.6 Å². The first-order valence-electron chi connectivity index (χ1n) is 14.1. The summed E-state index contributed by atoms with van der Waals surface area (Å²) < 4.78 is 3.49. The van der Waals surface area contributed by atoms with Crippen molar-refractivity contribution in [1.29, 1.82) is 0 Å². The summed E-state index contributed by atoms with van der Waals surface area (Å²) in [6.45, 7) is 4.46. The van der Waals surface area contributed by atoms with Crippen LogP contribution in [0.15, 0.2) is 29.2 Å². The van der Waals surface area contributed by atoms with E-state index in [9.17, 15) is 9.59 Å². The molecule has 5 rings (SSSR count). The lowest BCUT2D eigenvalue weighted by atomic mass is 9.57. The van der Waals surface area contributed by atoms with Crippen LogP contribution in [-0.4, -0.2) is 29.4 Å². The normalized spacial score (nSPS) is 33.9. The maximum atomic E-state index is 13.7. The van der Waals surface area contributed by atoms with Crippen LogP contribution in [0.5, 0.6) is 0 Å². The van der Waals surface area contributed by atoms with Crippen molar-refractivity contribution in [3.63, 3.8) is 0 Å². The maximum absolute atomic E-state index is 13.7. The lowest BCUT2D eigenvalue weighted by molar-refractivity contribution is -0.138. The third-order valence-corrected chi connectivity index (χ3v) is 11.0. The highest BCUT2D eigenvalue weighted by molar-refractivity contribution is 7.97. The number of hydrogen-bond donors (Lipinski definition) is 3. The van der Waals surface area contributed by atoms with E-state index in [2.05, 4.69) is 29.2 Å².